The van der Waals surface area contributed by atoms with Gasteiger partial charge in [-0.05, 0) is 29.5 Å². The fourth-order valence-electron chi connectivity index (χ4n) is 4.48. The molecule has 0 saturated carbocycles. The average Bonchev–Trinajstić information content (AvgIpc) is 2.75. The maximum Gasteiger partial charge on any atom is 0.0330 e. The van der Waals surface area contributed by atoms with Gasteiger partial charge in [0.1, 0.15) is 0 Å². The van der Waals surface area contributed by atoms with Gasteiger partial charge in [-0.3, -0.25) is 4.90 Å². The molecule has 3 aromatic rings. The maximum absolute atomic E-state index is 3.77. The van der Waals surface area contributed by atoms with Crippen molar-refractivity contribution in [3.05, 3.63) is 108 Å². The molecule has 4 rings (SSSR count). The van der Waals surface area contributed by atoms with E-state index in [1.165, 1.54) is 29.5 Å². The fourth-order valence-corrected chi connectivity index (χ4v) is 5.21. The molecule has 3 aromatic carbocycles. The second-order valence-electron chi connectivity index (χ2n) is 7.55. The number of hydrogen-bond acceptors (Lipinski definition) is 1. The number of rotatable bonds is 5. The molecule has 1 heterocycles. The summed E-state index contributed by atoms with van der Waals surface area (Å²) in [5.41, 5.74) is 4.31. The molecule has 0 N–H and O–H groups in total. The van der Waals surface area contributed by atoms with Crippen LogP contribution in [0.5, 0.6) is 0 Å². The van der Waals surface area contributed by atoms with Crippen LogP contribution in [0.25, 0.3) is 0 Å². The zero-order valence-electron chi connectivity index (χ0n) is 15.6. The van der Waals surface area contributed by atoms with E-state index in [1.807, 2.05) is 0 Å². The third kappa shape index (κ3) is 3.88. The second-order valence-corrected chi connectivity index (χ2v) is 8.20. The summed E-state index contributed by atoms with van der Waals surface area (Å²) in [5.74, 6) is 0. The molecule has 27 heavy (non-hydrogen) atoms. The molecule has 0 radical (unpaired) electrons. The number of likely N-dealkylation sites (tertiary alicyclic amines) is 1. The Hall–Kier alpha value is -1.90. The molecule has 0 spiro atoms. The molecule has 0 amide bonds. The van der Waals surface area contributed by atoms with Gasteiger partial charge < -0.3 is 0 Å². The smallest absolute Gasteiger partial charge is 0.0330 e. The molecule has 0 aliphatic carbocycles. The van der Waals surface area contributed by atoms with Crippen molar-refractivity contribution in [3.8, 4) is 0 Å². The molecule has 1 saturated heterocycles. The molecule has 0 bridgehead atoms. The minimum absolute atomic E-state index is 0.0516. The van der Waals surface area contributed by atoms with Crippen LogP contribution in [-0.2, 0) is 12.0 Å². The van der Waals surface area contributed by atoms with Gasteiger partial charge in [0.25, 0.3) is 0 Å². The Labute approximate surface area is 171 Å². The van der Waals surface area contributed by atoms with E-state index in [9.17, 15) is 0 Å². The van der Waals surface area contributed by atoms with E-state index in [-0.39, 0.29) is 5.41 Å². The monoisotopic (exact) mass is 419 g/mol. The van der Waals surface area contributed by atoms with Gasteiger partial charge in [-0.1, -0.05) is 107 Å². The van der Waals surface area contributed by atoms with Gasteiger partial charge in [0.2, 0.25) is 0 Å². The van der Waals surface area contributed by atoms with Crippen LogP contribution in [0.2, 0.25) is 0 Å². The Kier molecular flexibility index (Phi) is 5.75. The van der Waals surface area contributed by atoms with E-state index in [0.29, 0.717) is 6.04 Å². The lowest BCUT2D eigenvalue weighted by Crippen LogP contribution is -2.51. The summed E-state index contributed by atoms with van der Waals surface area (Å²) < 4.78 is 0. The van der Waals surface area contributed by atoms with E-state index in [1.54, 1.807) is 0 Å². The number of benzene rings is 3. The lowest BCUT2D eigenvalue weighted by Gasteiger charge is -2.47. The van der Waals surface area contributed by atoms with Crippen LogP contribution < -0.4 is 0 Å². The van der Waals surface area contributed by atoms with Gasteiger partial charge >= 0.3 is 0 Å². The Morgan fingerprint density at radius 3 is 1.81 bits per heavy atom. The van der Waals surface area contributed by atoms with Crippen molar-refractivity contribution in [1.29, 1.82) is 0 Å². The van der Waals surface area contributed by atoms with E-state index in [4.69, 9.17) is 0 Å². The van der Waals surface area contributed by atoms with Crippen molar-refractivity contribution in [2.45, 2.75) is 30.8 Å². The van der Waals surface area contributed by atoms with Crippen molar-refractivity contribution < 1.29 is 0 Å². The number of piperidine rings is 1. The second kappa shape index (κ2) is 8.41. The van der Waals surface area contributed by atoms with Gasteiger partial charge in [0.05, 0.1) is 0 Å². The highest BCUT2D eigenvalue weighted by Gasteiger charge is 2.41. The first-order chi connectivity index (χ1) is 13.3. The summed E-state index contributed by atoms with van der Waals surface area (Å²) in [4.78, 5) is 2.67. The van der Waals surface area contributed by atoms with E-state index in [0.717, 1.165) is 18.4 Å². The SMILES string of the molecule is BrCC1CCC(c2ccccc2)(c2ccccc2)CN1Cc1ccccc1. The molecule has 1 aliphatic heterocycles. The number of alkyl halides is 1. The molecule has 1 atom stereocenters. The predicted molar refractivity (Wildman–Crippen MR) is 117 cm³/mol. The largest absolute Gasteiger partial charge is 0.294 e. The first-order valence-corrected chi connectivity index (χ1v) is 10.9. The highest BCUT2D eigenvalue weighted by Crippen LogP contribution is 2.42. The maximum atomic E-state index is 3.77. The van der Waals surface area contributed by atoms with Crippen LogP contribution in [0.4, 0.5) is 0 Å². The molecule has 2 heteroatoms. The Bertz CT molecular complexity index is 792. The zero-order chi connectivity index (χ0) is 18.5. The van der Waals surface area contributed by atoms with E-state index < -0.39 is 0 Å². The first kappa shape index (κ1) is 18.5. The third-order valence-corrected chi connectivity index (χ3v) is 6.70. The Balaban J connectivity index is 1.73. The summed E-state index contributed by atoms with van der Waals surface area (Å²) in [6.07, 6.45) is 2.38. The number of nitrogens with zero attached hydrogens (tertiary/aromatic N) is 1. The van der Waals surface area contributed by atoms with Crippen LogP contribution in [0, 0.1) is 0 Å². The van der Waals surface area contributed by atoms with Crippen LogP contribution in [0.3, 0.4) is 0 Å². The summed E-state index contributed by atoms with van der Waals surface area (Å²) in [5, 5.41) is 1.03. The fraction of sp³-hybridized carbons (Fsp3) is 0.280. The predicted octanol–water partition coefficient (Wildman–Crippen LogP) is 6.03. The van der Waals surface area contributed by atoms with Gasteiger partial charge in [-0.2, -0.15) is 0 Å². The van der Waals surface area contributed by atoms with Crippen molar-refractivity contribution in [2.24, 2.45) is 0 Å². The van der Waals surface area contributed by atoms with E-state index in [2.05, 4.69) is 112 Å². The average molecular weight is 420 g/mol. The van der Waals surface area contributed by atoms with Crippen LogP contribution in [0.1, 0.15) is 29.5 Å². The minimum Gasteiger partial charge on any atom is -0.294 e. The molecule has 1 aliphatic rings. The van der Waals surface area contributed by atoms with E-state index >= 15 is 0 Å². The quantitative estimate of drug-likeness (QED) is 0.456. The first-order valence-electron chi connectivity index (χ1n) is 9.77. The van der Waals surface area contributed by atoms with Gasteiger partial charge in [-0.15, -0.1) is 0 Å². The van der Waals surface area contributed by atoms with Gasteiger partial charge in [-0.25, -0.2) is 0 Å². The van der Waals surface area contributed by atoms with Crippen LogP contribution in [-0.4, -0.2) is 22.8 Å². The number of halogens is 1. The summed E-state index contributed by atoms with van der Waals surface area (Å²) in [7, 11) is 0. The van der Waals surface area contributed by atoms with Crippen molar-refractivity contribution in [3.63, 3.8) is 0 Å². The topological polar surface area (TPSA) is 3.24 Å². The molecular formula is C25H26BrN. The van der Waals surface area contributed by atoms with Gasteiger partial charge in [0.15, 0.2) is 0 Å². The molecule has 0 aromatic heterocycles. The van der Waals surface area contributed by atoms with Crippen LogP contribution in [0.15, 0.2) is 91.0 Å². The van der Waals surface area contributed by atoms with Crippen molar-refractivity contribution in [1.82, 2.24) is 4.90 Å². The normalized spacial score (nSPS) is 19.7. The lowest BCUT2D eigenvalue weighted by molar-refractivity contribution is 0.109. The highest BCUT2D eigenvalue weighted by atomic mass is 79.9. The standard InChI is InChI=1S/C25H26BrN/c26-18-24-16-17-25(22-12-6-2-7-13-22,23-14-8-3-9-15-23)20-27(24)19-21-10-4-1-5-11-21/h1-15,24H,16-20H2. The Morgan fingerprint density at radius 1 is 0.778 bits per heavy atom. The van der Waals surface area contributed by atoms with Gasteiger partial charge in [0, 0.05) is 29.9 Å². The highest BCUT2D eigenvalue weighted by molar-refractivity contribution is 9.09. The molecule has 1 nitrogen and oxygen atoms in total. The van der Waals surface area contributed by atoms with Crippen molar-refractivity contribution in [2.75, 3.05) is 11.9 Å². The number of hydrogen-bond donors (Lipinski definition) is 0. The zero-order valence-corrected chi connectivity index (χ0v) is 17.2. The lowest BCUT2D eigenvalue weighted by atomic mass is 9.68. The molecule has 138 valence electrons. The van der Waals surface area contributed by atoms with Crippen molar-refractivity contribution >= 4 is 15.9 Å². The Morgan fingerprint density at radius 2 is 1.30 bits per heavy atom. The summed E-state index contributed by atoms with van der Waals surface area (Å²) in [6, 6.07) is 33.6. The molecule has 1 unspecified atom stereocenters. The summed E-state index contributed by atoms with van der Waals surface area (Å²) in [6.45, 7) is 2.05. The minimum atomic E-state index is 0.0516. The third-order valence-electron chi connectivity index (χ3n) is 5.95. The molecule has 1 fully saturated rings. The van der Waals surface area contributed by atoms with Crippen LogP contribution >= 0.6 is 15.9 Å². The summed E-state index contributed by atoms with van der Waals surface area (Å²) >= 11 is 3.77. The molecular weight excluding hydrogens is 394 g/mol.